The molecule has 1 aliphatic rings. The molecule has 6 rings (SSSR count). The van der Waals surface area contributed by atoms with Crippen LogP contribution >= 0.6 is 22.9 Å². The van der Waals surface area contributed by atoms with Crippen LogP contribution in [0.5, 0.6) is 0 Å². The number of carbonyl (C=O) groups excluding carboxylic acids is 1. The number of thiophene rings is 1. The number of halogens is 1. The lowest BCUT2D eigenvalue weighted by atomic mass is 10.0. The molecule has 0 saturated carbocycles. The van der Waals surface area contributed by atoms with Crippen molar-refractivity contribution in [3.05, 3.63) is 99.6 Å². The van der Waals surface area contributed by atoms with Crippen molar-refractivity contribution in [2.24, 2.45) is 0 Å². The zero-order valence-corrected chi connectivity index (χ0v) is 26.1. The predicted molar refractivity (Wildman–Crippen MR) is 175 cm³/mol. The SMILES string of the molecule is CCCCN(Cc1nc2ccccc2n1Cc1ccccc1CN1CCCCC1C)C(=O)c1sc2ccccc2c1Cl. The number of benzene rings is 3. The molecule has 2 aromatic heterocycles. The Morgan fingerprint density at radius 2 is 1.74 bits per heavy atom. The zero-order valence-electron chi connectivity index (χ0n) is 24.6. The fourth-order valence-electron chi connectivity index (χ4n) is 6.14. The van der Waals surface area contributed by atoms with Gasteiger partial charge in [0.05, 0.1) is 22.6 Å². The topological polar surface area (TPSA) is 41.4 Å². The van der Waals surface area contributed by atoms with Gasteiger partial charge in [0.1, 0.15) is 10.7 Å². The van der Waals surface area contributed by atoms with E-state index in [2.05, 4.69) is 65.8 Å². The van der Waals surface area contributed by atoms with Crippen LogP contribution in [-0.4, -0.2) is 44.4 Å². The first-order valence-corrected chi connectivity index (χ1v) is 16.4. The standard InChI is InChI=1S/C35H39ClN4OS/c1-3-4-20-39(35(41)34-33(36)28-16-7-10-19-31(28)42-34)24-32-37-29-17-8-9-18-30(29)40(32)23-27-15-6-5-14-26(27)22-38-21-12-11-13-25(38)2/h5-10,14-19,25H,3-4,11-13,20-24H2,1-2H3. The monoisotopic (exact) mass is 598 g/mol. The molecule has 0 spiro atoms. The van der Waals surface area contributed by atoms with E-state index in [0.717, 1.165) is 52.9 Å². The van der Waals surface area contributed by atoms with Crippen molar-refractivity contribution in [1.29, 1.82) is 0 Å². The summed E-state index contributed by atoms with van der Waals surface area (Å²) in [6.45, 7) is 8.44. The van der Waals surface area contributed by atoms with Gasteiger partial charge in [-0.15, -0.1) is 11.3 Å². The molecule has 5 nitrogen and oxygen atoms in total. The molecule has 218 valence electrons. The molecular formula is C35H39ClN4OS. The van der Waals surface area contributed by atoms with E-state index in [4.69, 9.17) is 16.6 Å². The number of hydrogen-bond donors (Lipinski definition) is 0. The highest BCUT2D eigenvalue weighted by Gasteiger charge is 2.25. The van der Waals surface area contributed by atoms with E-state index >= 15 is 0 Å². The van der Waals surface area contributed by atoms with Crippen LogP contribution in [0.1, 0.15) is 72.6 Å². The van der Waals surface area contributed by atoms with Gasteiger partial charge in [-0.1, -0.05) is 86.0 Å². The van der Waals surface area contributed by atoms with Gasteiger partial charge in [0.15, 0.2) is 0 Å². The molecule has 3 aromatic carbocycles. The molecule has 0 N–H and O–H groups in total. The molecule has 1 amide bonds. The first-order valence-electron chi connectivity index (χ1n) is 15.2. The minimum absolute atomic E-state index is 0.0206. The van der Waals surface area contributed by atoms with Crippen LogP contribution in [0.2, 0.25) is 5.02 Å². The number of piperidine rings is 1. The lowest BCUT2D eigenvalue weighted by Crippen LogP contribution is -2.37. The first kappa shape index (κ1) is 28.9. The number of rotatable bonds is 10. The number of carbonyl (C=O) groups is 1. The fourth-order valence-corrected chi connectivity index (χ4v) is 7.62. The maximum Gasteiger partial charge on any atom is 0.265 e. The molecular weight excluding hydrogens is 560 g/mol. The average molecular weight is 599 g/mol. The Labute approximate surface area is 257 Å². The molecule has 1 fully saturated rings. The Balaban J connectivity index is 1.34. The van der Waals surface area contributed by atoms with Gasteiger partial charge in [0.2, 0.25) is 0 Å². The molecule has 1 unspecified atom stereocenters. The largest absolute Gasteiger partial charge is 0.330 e. The van der Waals surface area contributed by atoms with Gasteiger partial charge in [-0.25, -0.2) is 4.98 Å². The van der Waals surface area contributed by atoms with E-state index in [0.29, 0.717) is 35.6 Å². The molecule has 0 radical (unpaired) electrons. The summed E-state index contributed by atoms with van der Waals surface area (Å²) in [5.41, 5.74) is 4.72. The van der Waals surface area contributed by atoms with Crippen molar-refractivity contribution in [3.63, 3.8) is 0 Å². The third-order valence-electron chi connectivity index (χ3n) is 8.62. The molecule has 0 bridgehead atoms. The number of fused-ring (bicyclic) bond motifs is 2. The Morgan fingerprint density at radius 1 is 1.00 bits per heavy atom. The van der Waals surface area contributed by atoms with Crippen LogP contribution in [0.4, 0.5) is 0 Å². The van der Waals surface area contributed by atoms with Crippen molar-refractivity contribution in [1.82, 2.24) is 19.4 Å². The summed E-state index contributed by atoms with van der Waals surface area (Å²) in [5.74, 6) is 0.881. The van der Waals surface area contributed by atoms with Crippen LogP contribution in [-0.2, 0) is 19.6 Å². The molecule has 1 saturated heterocycles. The van der Waals surface area contributed by atoms with Gasteiger partial charge in [0, 0.05) is 35.8 Å². The quantitative estimate of drug-likeness (QED) is 0.161. The third kappa shape index (κ3) is 5.98. The van der Waals surface area contributed by atoms with E-state index < -0.39 is 0 Å². The Morgan fingerprint density at radius 3 is 2.52 bits per heavy atom. The number of aromatic nitrogens is 2. The van der Waals surface area contributed by atoms with Crippen molar-refractivity contribution in [3.8, 4) is 0 Å². The molecule has 7 heteroatoms. The van der Waals surface area contributed by atoms with Crippen LogP contribution in [0.3, 0.4) is 0 Å². The van der Waals surface area contributed by atoms with Gasteiger partial charge >= 0.3 is 0 Å². The van der Waals surface area contributed by atoms with Crippen molar-refractivity contribution >= 4 is 50.0 Å². The first-order chi connectivity index (χ1) is 20.5. The van der Waals surface area contributed by atoms with Crippen molar-refractivity contribution in [2.45, 2.75) is 71.6 Å². The maximum absolute atomic E-state index is 14.0. The number of likely N-dealkylation sites (tertiary alicyclic amines) is 1. The number of unbranched alkanes of at least 4 members (excludes halogenated alkanes) is 1. The normalized spacial score (nSPS) is 15.9. The highest BCUT2D eigenvalue weighted by atomic mass is 35.5. The summed E-state index contributed by atoms with van der Waals surface area (Å²) in [4.78, 5) is 24.3. The summed E-state index contributed by atoms with van der Waals surface area (Å²) >= 11 is 8.26. The number of amides is 1. The second-order valence-corrected chi connectivity index (χ2v) is 12.9. The second-order valence-electron chi connectivity index (χ2n) is 11.5. The fraction of sp³-hybridized carbons (Fsp3) is 0.371. The van der Waals surface area contributed by atoms with E-state index in [1.165, 1.54) is 41.7 Å². The molecule has 0 aliphatic carbocycles. The minimum atomic E-state index is -0.0206. The summed E-state index contributed by atoms with van der Waals surface area (Å²) in [6.07, 6.45) is 5.79. The Hall–Kier alpha value is -3.19. The van der Waals surface area contributed by atoms with Gasteiger partial charge in [-0.05, 0) is 62.1 Å². The number of para-hydroxylation sites is 2. The van der Waals surface area contributed by atoms with Gasteiger partial charge in [-0.2, -0.15) is 0 Å². The molecule has 42 heavy (non-hydrogen) atoms. The van der Waals surface area contributed by atoms with Crippen molar-refractivity contribution in [2.75, 3.05) is 13.1 Å². The lowest BCUT2D eigenvalue weighted by Gasteiger charge is -2.34. The van der Waals surface area contributed by atoms with Crippen molar-refractivity contribution < 1.29 is 4.79 Å². The molecule has 1 aliphatic heterocycles. The number of nitrogens with zero attached hydrogens (tertiary/aromatic N) is 4. The number of hydrogen-bond acceptors (Lipinski definition) is 4. The maximum atomic E-state index is 14.0. The summed E-state index contributed by atoms with van der Waals surface area (Å²) in [5, 5.41) is 1.49. The minimum Gasteiger partial charge on any atom is -0.330 e. The Kier molecular flexibility index (Phi) is 8.94. The van der Waals surface area contributed by atoms with E-state index in [1.54, 1.807) is 0 Å². The van der Waals surface area contributed by atoms with Crippen LogP contribution in [0, 0.1) is 0 Å². The van der Waals surface area contributed by atoms with E-state index in [9.17, 15) is 4.79 Å². The van der Waals surface area contributed by atoms with Gasteiger partial charge < -0.3 is 9.47 Å². The Bertz CT molecular complexity index is 1690. The van der Waals surface area contributed by atoms with Gasteiger partial charge in [0.25, 0.3) is 5.91 Å². The number of imidazole rings is 1. The second kappa shape index (κ2) is 13.0. The highest BCUT2D eigenvalue weighted by Crippen LogP contribution is 2.36. The predicted octanol–water partition coefficient (Wildman–Crippen LogP) is 8.77. The molecule has 5 aromatic rings. The summed E-state index contributed by atoms with van der Waals surface area (Å²) in [6, 6.07) is 25.7. The molecule has 3 heterocycles. The van der Waals surface area contributed by atoms with E-state index in [-0.39, 0.29) is 5.91 Å². The highest BCUT2D eigenvalue weighted by molar-refractivity contribution is 7.21. The van der Waals surface area contributed by atoms with E-state index in [1.807, 2.05) is 35.2 Å². The van der Waals surface area contributed by atoms with Crippen LogP contribution in [0.15, 0.2) is 72.8 Å². The average Bonchev–Trinajstić information content (AvgIpc) is 3.54. The van der Waals surface area contributed by atoms with Crippen LogP contribution < -0.4 is 0 Å². The smallest absolute Gasteiger partial charge is 0.265 e. The van der Waals surface area contributed by atoms with Crippen LogP contribution in [0.25, 0.3) is 21.1 Å². The lowest BCUT2D eigenvalue weighted by molar-refractivity contribution is 0.0740. The van der Waals surface area contributed by atoms with Gasteiger partial charge in [-0.3, -0.25) is 9.69 Å². The third-order valence-corrected chi connectivity index (χ3v) is 10.3. The zero-order chi connectivity index (χ0) is 29.1. The summed E-state index contributed by atoms with van der Waals surface area (Å²) in [7, 11) is 0. The molecule has 1 atom stereocenters. The summed E-state index contributed by atoms with van der Waals surface area (Å²) < 4.78 is 3.35.